The van der Waals surface area contributed by atoms with Gasteiger partial charge in [0, 0.05) is 11.9 Å². The van der Waals surface area contributed by atoms with Crippen LogP contribution in [-0.2, 0) is 6.54 Å². The van der Waals surface area contributed by atoms with E-state index in [1.807, 2.05) is 55.5 Å². The van der Waals surface area contributed by atoms with Gasteiger partial charge in [-0.2, -0.15) is 0 Å². The molecule has 3 rings (SSSR count). The molecular weight excluding hydrogens is 290 g/mol. The summed E-state index contributed by atoms with van der Waals surface area (Å²) in [6.45, 7) is 2.65. The molecule has 0 aliphatic rings. The number of benzene rings is 2. The van der Waals surface area contributed by atoms with E-state index in [-0.39, 0.29) is 12.6 Å². The number of aryl methyl sites for hydroxylation is 1. The van der Waals surface area contributed by atoms with E-state index in [2.05, 4.69) is 5.32 Å². The molecule has 0 aliphatic carbocycles. The predicted octanol–water partition coefficient (Wildman–Crippen LogP) is 3.57. The van der Waals surface area contributed by atoms with Crippen LogP contribution in [0, 0.1) is 6.92 Å². The first kappa shape index (κ1) is 15.6. The van der Waals surface area contributed by atoms with Gasteiger partial charge in [-0.3, -0.25) is 0 Å². The number of hydrogen-bond acceptors (Lipinski definition) is 4. The molecule has 0 bridgehead atoms. The molecule has 120 valence electrons. The van der Waals surface area contributed by atoms with Crippen LogP contribution in [0.5, 0.6) is 5.75 Å². The Morgan fingerprint density at radius 1 is 1.17 bits per heavy atom. The fraction of sp³-hybridized carbons (Fsp3) is 0.263. The van der Waals surface area contributed by atoms with Crippen LogP contribution in [-0.4, -0.2) is 18.8 Å². The van der Waals surface area contributed by atoms with Gasteiger partial charge in [0.15, 0.2) is 0 Å². The molecule has 0 saturated carbocycles. The van der Waals surface area contributed by atoms with Crippen molar-refractivity contribution in [1.82, 2.24) is 5.32 Å². The lowest BCUT2D eigenvalue weighted by molar-refractivity contribution is 0.227. The van der Waals surface area contributed by atoms with E-state index in [0.29, 0.717) is 6.54 Å². The van der Waals surface area contributed by atoms with Crippen molar-refractivity contribution < 1.29 is 14.3 Å². The number of rotatable bonds is 6. The summed E-state index contributed by atoms with van der Waals surface area (Å²) in [4.78, 5) is 0. The summed E-state index contributed by atoms with van der Waals surface area (Å²) in [7, 11) is 1.65. The first-order valence-electron chi connectivity index (χ1n) is 7.67. The lowest BCUT2D eigenvalue weighted by atomic mass is 10.1. The van der Waals surface area contributed by atoms with Gasteiger partial charge in [0.25, 0.3) is 0 Å². The van der Waals surface area contributed by atoms with Crippen molar-refractivity contribution in [1.29, 1.82) is 0 Å². The number of furan rings is 1. The summed E-state index contributed by atoms with van der Waals surface area (Å²) in [6, 6.07) is 15.7. The second kappa shape index (κ2) is 6.86. The monoisotopic (exact) mass is 311 g/mol. The second-order valence-corrected chi connectivity index (χ2v) is 5.61. The average molecular weight is 311 g/mol. The summed E-state index contributed by atoms with van der Waals surface area (Å²) in [5.74, 6) is 1.59. The number of para-hydroxylation sites is 1. The smallest absolute Gasteiger partial charge is 0.137 e. The van der Waals surface area contributed by atoms with Crippen LogP contribution in [0.3, 0.4) is 0 Å². The van der Waals surface area contributed by atoms with E-state index in [1.165, 1.54) is 0 Å². The number of methoxy groups -OCH3 is 1. The molecule has 0 fully saturated rings. The maximum atomic E-state index is 9.69. The summed E-state index contributed by atoms with van der Waals surface area (Å²) < 4.78 is 11.1. The van der Waals surface area contributed by atoms with E-state index < -0.39 is 0 Å². The highest BCUT2D eigenvalue weighted by molar-refractivity contribution is 5.81. The van der Waals surface area contributed by atoms with E-state index in [9.17, 15) is 5.11 Å². The lowest BCUT2D eigenvalue weighted by Gasteiger charge is -2.14. The highest BCUT2D eigenvalue weighted by Gasteiger charge is 2.16. The quantitative estimate of drug-likeness (QED) is 0.730. The molecule has 3 aromatic rings. The third kappa shape index (κ3) is 3.38. The minimum Gasteiger partial charge on any atom is -0.497 e. The number of aliphatic hydroxyl groups excluding tert-OH is 1. The SMILES string of the molecule is COc1ccc(CNC(CO)c2cc3cccc(C)c3o2)cc1. The summed E-state index contributed by atoms with van der Waals surface area (Å²) in [6.07, 6.45) is 0. The molecule has 0 amide bonds. The van der Waals surface area contributed by atoms with E-state index >= 15 is 0 Å². The fourth-order valence-electron chi connectivity index (χ4n) is 2.64. The van der Waals surface area contributed by atoms with E-state index in [0.717, 1.165) is 33.6 Å². The summed E-state index contributed by atoms with van der Waals surface area (Å²) in [5.41, 5.74) is 3.10. The van der Waals surface area contributed by atoms with Crippen LogP contribution < -0.4 is 10.1 Å². The van der Waals surface area contributed by atoms with Gasteiger partial charge in [-0.05, 0) is 36.2 Å². The Bertz CT molecular complexity index is 777. The maximum absolute atomic E-state index is 9.69. The van der Waals surface area contributed by atoms with Gasteiger partial charge in [-0.15, -0.1) is 0 Å². The van der Waals surface area contributed by atoms with Gasteiger partial charge in [-0.25, -0.2) is 0 Å². The van der Waals surface area contributed by atoms with Gasteiger partial charge in [0.1, 0.15) is 17.1 Å². The molecule has 4 heteroatoms. The third-order valence-electron chi connectivity index (χ3n) is 4.00. The molecule has 2 aromatic carbocycles. The van der Waals surface area contributed by atoms with Crippen LogP contribution >= 0.6 is 0 Å². The molecule has 2 N–H and O–H groups in total. The van der Waals surface area contributed by atoms with Gasteiger partial charge in [0.2, 0.25) is 0 Å². The van der Waals surface area contributed by atoms with Crippen LogP contribution in [0.4, 0.5) is 0 Å². The molecule has 1 heterocycles. The Morgan fingerprint density at radius 3 is 2.61 bits per heavy atom. The van der Waals surface area contributed by atoms with Crippen molar-refractivity contribution in [3.8, 4) is 5.75 Å². The molecule has 1 atom stereocenters. The van der Waals surface area contributed by atoms with Crippen molar-refractivity contribution in [2.75, 3.05) is 13.7 Å². The Labute approximate surface area is 135 Å². The first-order valence-corrected chi connectivity index (χ1v) is 7.67. The number of fused-ring (bicyclic) bond motifs is 1. The van der Waals surface area contributed by atoms with Gasteiger partial charge in [0.05, 0.1) is 19.8 Å². The van der Waals surface area contributed by atoms with Gasteiger partial charge in [-0.1, -0.05) is 30.3 Å². The largest absolute Gasteiger partial charge is 0.497 e. The maximum Gasteiger partial charge on any atom is 0.137 e. The highest BCUT2D eigenvalue weighted by atomic mass is 16.5. The van der Waals surface area contributed by atoms with Gasteiger partial charge >= 0.3 is 0 Å². The molecule has 1 unspecified atom stereocenters. The van der Waals surface area contributed by atoms with Crippen molar-refractivity contribution >= 4 is 11.0 Å². The molecule has 23 heavy (non-hydrogen) atoms. The van der Waals surface area contributed by atoms with Gasteiger partial charge < -0.3 is 19.6 Å². The fourth-order valence-corrected chi connectivity index (χ4v) is 2.64. The Hall–Kier alpha value is -2.30. The molecule has 1 aromatic heterocycles. The topological polar surface area (TPSA) is 54.6 Å². The van der Waals surface area contributed by atoms with Crippen LogP contribution in [0.25, 0.3) is 11.0 Å². The lowest BCUT2D eigenvalue weighted by Crippen LogP contribution is -2.23. The zero-order valence-electron chi connectivity index (χ0n) is 13.4. The molecule has 4 nitrogen and oxygen atoms in total. The Kier molecular flexibility index (Phi) is 4.65. The predicted molar refractivity (Wildman–Crippen MR) is 90.6 cm³/mol. The van der Waals surface area contributed by atoms with Crippen molar-refractivity contribution in [2.45, 2.75) is 19.5 Å². The molecule has 0 spiro atoms. The Balaban J connectivity index is 1.74. The minimum absolute atomic E-state index is 0.0188. The average Bonchev–Trinajstić information content (AvgIpc) is 3.01. The minimum atomic E-state index is -0.232. The zero-order valence-corrected chi connectivity index (χ0v) is 13.4. The molecule has 0 saturated heterocycles. The normalized spacial score (nSPS) is 12.5. The summed E-state index contributed by atoms with van der Waals surface area (Å²) >= 11 is 0. The highest BCUT2D eigenvalue weighted by Crippen LogP contribution is 2.26. The standard InChI is InChI=1S/C19H21NO3/c1-13-4-3-5-15-10-18(23-19(13)15)17(12-21)20-11-14-6-8-16(22-2)9-7-14/h3-10,17,20-21H,11-12H2,1-2H3. The zero-order chi connectivity index (χ0) is 16.2. The molecule has 0 radical (unpaired) electrons. The van der Waals surface area contributed by atoms with Crippen molar-refractivity contribution in [3.63, 3.8) is 0 Å². The third-order valence-corrected chi connectivity index (χ3v) is 4.00. The van der Waals surface area contributed by atoms with Crippen LogP contribution in [0.1, 0.15) is 22.9 Å². The number of hydrogen-bond donors (Lipinski definition) is 2. The second-order valence-electron chi connectivity index (χ2n) is 5.61. The molecular formula is C19H21NO3. The summed E-state index contributed by atoms with van der Waals surface area (Å²) in [5, 5.41) is 14.1. The number of ether oxygens (including phenoxy) is 1. The van der Waals surface area contributed by atoms with Crippen LogP contribution in [0.15, 0.2) is 52.9 Å². The van der Waals surface area contributed by atoms with Crippen LogP contribution in [0.2, 0.25) is 0 Å². The van der Waals surface area contributed by atoms with E-state index in [1.54, 1.807) is 7.11 Å². The van der Waals surface area contributed by atoms with E-state index in [4.69, 9.17) is 9.15 Å². The van der Waals surface area contributed by atoms with Crippen molar-refractivity contribution in [2.24, 2.45) is 0 Å². The number of nitrogens with one attached hydrogen (secondary N) is 1. The molecule has 0 aliphatic heterocycles. The first-order chi connectivity index (χ1) is 11.2. The Morgan fingerprint density at radius 2 is 1.96 bits per heavy atom. The van der Waals surface area contributed by atoms with Crippen molar-refractivity contribution in [3.05, 3.63) is 65.4 Å². The number of aliphatic hydroxyl groups is 1.